The largest absolute Gasteiger partial charge is 0.466 e. The third kappa shape index (κ3) is 2.40. The molecule has 19 heavy (non-hydrogen) atoms. The standard InChI is InChI=1S/C15H13ClN2O/c1-9-10(2)19-11(3)14(9)15(16)13(7-17)12-5-4-6-18-8-12/h4-6,8H,1-3H3/b15-13+. The van der Waals surface area contributed by atoms with Crippen LogP contribution in [0.25, 0.3) is 10.6 Å². The molecule has 96 valence electrons. The van der Waals surface area contributed by atoms with E-state index >= 15 is 0 Å². The van der Waals surface area contributed by atoms with E-state index in [1.807, 2.05) is 26.8 Å². The molecule has 2 aromatic rings. The molecule has 0 aliphatic carbocycles. The number of furan rings is 1. The van der Waals surface area contributed by atoms with Gasteiger partial charge in [0.1, 0.15) is 17.6 Å². The minimum Gasteiger partial charge on any atom is -0.466 e. The van der Waals surface area contributed by atoms with E-state index in [0.717, 1.165) is 22.6 Å². The van der Waals surface area contributed by atoms with Crippen molar-refractivity contribution in [2.45, 2.75) is 20.8 Å². The van der Waals surface area contributed by atoms with Crippen molar-refractivity contribution in [2.24, 2.45) is 0 Å². The first-order valence-electron chi connectivity index (χ1n) is 5.83. The van der Waals surface area contributed by atoms with Gasteiger partial charge in [-0.15, -0.1) is 0 Å². The first-order valence-corrected chi connectivity index (χ1v) is 6.21. The second-order valence-corrected chi connectivity index (χ2v) is 4.63. The van der Waals surface area contributed by atoms with Crippen LogP contribution < -0.4 is 0 Å². The van der Waals surface area contributed by atoms with Crippen LogP contribution in [0.3, 0.4) is 0 Å². The third-order valence-corrected chi connectivity index (χ3v) is 3.44. The summed E-state index contributed by atoms with van der Waals surface area (Å²) in [6.45, 7) is 5.66. The molecule has 0 atom stereocenters. The van der Waals surface area contributed by atoms with E-state index in [1.165, 1.54) is 0 Å². The van der Waals surface area contributed by atoms with Gasteiger partial charge in [-0.25, -0.2) is 0 Å². The van der Waals surface area contributed by atoms with Crippen LogP contribution in [0.1, 0.15) is 28.2 Å². The molecule has 0 fully saturated rings. The van der Waals surface area contributed by atoms with Crippen LogP contribution in [0, 0.1) is 32.1 Å². The summed E-state index contributed by atoms with van der Waals surface area (Å²) in [5, 5.41) is 9.75. The summed E-state index contributed by atoms with van der Waals surface area (Å²) in [4.78, 5) is 4.01. The van der Waals surface area contributed by atoms with Gasteiger partial charge in [0.05, 0.1) is 10.6 Å². The van der Waals surface area contributed by atoms with Gasteiger partial charge in [0.25, 0.3) is 0 Å². The van der Waals surface area contributed by atoms with Crippen LogP contribution in [0.15, 0.2) is 28.9 Å². The van der Waals surface area contributed by atoms with E-state index in [1.54, 1.807) is 18.5 Å². The van der Waals surface area contributed by atoms with Crippen LogP contribution in [0.4, 0.5) is 0 Å². The Kier molecular flexibility index (Phi) is 3.73. The maximum Gasteiger partial charge on any atom is 0.110 e. The van der Waals surface area contributed by atoms with Crippen molar-refractivity contribution in [3.63, 3.8) is 0 Å². The topological polar surface area (TPSA) is 49.8 Å². The van der Waals surface area contributed by atoms with E-state index in [2.05, 4.69) is 11.1 Å². The molecular weight excluding hydrogens is 260 g/mol. The number of nitriles is 1. The average Bonchev–Trinajstić information content (AvgIpc) is 2.65. The summed E-state index contributed by atoms with van der Waals surface area (Å²) in [6, 6.07) is 5.73. The molecule has 0 aliphatic heterocycles. The number of pyridine rings is 1. The van der Waals surface area contributed by atoms with Gasteiger partial charge >= 0.3 is 0 Å². The molecule has 0 saturated heterocycles. The van der Waals surface area contributed by atoms with Crippen molar-refractivity contribution >= 4 is 22.2 Å². The minimum atomic E-state index is 0.404. The molecule has 2 heterocycles. The lowest BCUT2D eigenvalue weighted by molar-refractivity contribution is 0.502. The smallest absolute Gasteiger partial charge is 0.110 e. The summed E-state index contributed by atoms with van der Waals surface area (Å²) in [5.74, 6) is 1.53. The molecule has 0 aromatic carbocycles. The summed E-state index contributed by atoms with van der Waals surface area (Å²) >= 11 is 6.40. The van der Waals surface area contributed by atoms with Crippen molar-refractivity contribution in [3.05, 3.63) is 52.7 Å². The van der Waals surface area contributed by atoms with Gasteiger partial charge in [0, 0.05) is 23.5 Å². The number of aryl methyl sites for hydroxylation is 2. The first-order chi connectivity index (χ1) is 9.06. The number of nitrogens with zero attached hydrogens (tertiary/aromatic N) is 2. The molecular formula is C15H13ClN2O. The lowest BCUT2D eigenvalue weighted by atomic mass is 10.0. The van der Waals surface area contributed by atoms with Gasteiger partial charge in [-0.2, -0.15) is 5.26 Å². The van der Waals surface area contributed by atoms with Gasteiger partial charge in [-0.1, -0.05) is 17.7 Å². The fourth-order valence-electron chi connectivity index (χ4n) is 1.99. The summed E-state index contributed by atoms with van der Waals surface area (Å²) in [6.07, 6.45) is 3.28. The molecule has 0 unspecified atom stereocenters. The Morgan fingerprint density at radius 1 is 1.32 bits per heavy atom. The van der Waals surface area contributed by atoms with Crippen molar-refractivity contribution < 1.29 is 4.42 Å². The third-order valence-electron chi connectivity index (χ3n) is 3.06. The van der Waals surface area contributed by atoms with Gasteiger partial charge < -0.3 is 4.42 Å². The minimum absolute atomic E-state index is 0.404. The maximum absolute atomic E-state index is 9.35. The number of allylic oxidation sites excluding steroid dienone is 1. The maximum atomic E-state index is 9.35. The van der Waals surface area contributed by atoms with Crippen LogP contribution in [0.2, 0.25) is 0 Å². The Bertz CT molecular complexity index is 678. The Labute approximate surface area is 117 Å². The Balaban J connectivity index is 2.66. The molecule has 2 rings (SSSR count). The molecule has 0 spiro atoms. The van der Waals surface area contributed by atoms with Gasteiger partial charge in [0.15, 0.2) is 0 Å². The number of hydrogen-bond acceptors (Lipinski definition) is 3. The summed E-state index contributed by atoms with van der Waals surface area (Å²) in [5.41, 5.74) is 2.85. The molecule has 0 aliphatic rings. The highest BCUT2D eigenvalue weighted by Crippen LogP contribution is 2.35. The van der Waals surface area contributed by atoms with E-state index < -0.39 is 0 Å². The van der Waals surface area contributed by atoms with Crippen molar-refractivity contribution in [1.29, 1.82) is 5.26 Å². The second kappa shape index (κ2) is 5.29. The van der Waals surface area contributed by atoms with E-state index in [0.29, 0.717) is 16.2 Å². The Morgan fingerprint density at radius 3 is 2.53 bits per heavy atom. The molecule has 0 N–H and O–H groups in total. The zero-order valence-corrected chi connectivity index (χ0v) is 11.7. The van der Waals surface area contributed by atoms with E-state index in [4.69, 9.17) is 16.0 Å². The predicted molar refractivity (Wildman–Crippen MR) is 75.4 cm³/mol. The normalized spacial score (nSPS) is 11.9. The van der Waals surface area contributed by atoms with Crippen LogP contribution in [-0.2, 0) is 0 Å². The number of rotatable bonds is 2. The van der Waals surface area contributed by atoms with Gasteiger partial charge in [0.2, 0.25) is 0 Å². The van der Waals surface area contributed by atoms with Crippen molar-refractivity contribution in [1.82, 2.24) is 4.98 Å². The number of hydrogen-bond donors (Lipinski definition) is 0. The van der Waals surface area contributed by atoms with Crippen LogP contribution in [-0.4, -0.2) is 4.98 Å². The SMILES string of the molecule is Cc1oc(C)c(/C(Cl)=C(/C#N)c2cccnc2)c1C. The molecule has 2 aromatic heterocycles. The fourth-order valence-corrected chi connectivity index (χ4v) is 2.42. The van der Waals surface area contributed by atoms with E-state index in [9.17, 15) is 5.26 Å². The van der Waals surface area contributed by atoms with Gasteiger partial charge in [-0.3, -0.25) is 4.98 Å². The fraction of sp³-hybridized carbons (Fsp3) is 0.200. The quantitative estimate of drug-likeness (QED) is 0.769. The zero-order chi connectivity index (χ0) is 14.0. The van der Waals surface area contributed by atoms with Crippen LogP contribution in [0.5, 0.6) is 0 Å². The zero-order valence-electron chi connectivity index (χ0n) is 11.0. The summed E-state index contributed by atoms with van der Waals surface area (Å²) < 4.78 is 5.55. The lowest BCUT2D eigenvalue weighted by Crippen LogP contribution is -1.89. The van der Waals surface area contributed by atoms with Gasteiger partial charge in [-0.05, 0) is 32.4 Å². The monoisotopic (exact) mass is 272 g/mol. The van der Waals surface area contributed by atoms with Crippen molar-refractivity contribution in [3.8, 4) is 6.07 Å². The summed E-state index contributed by atoms with van der Waals surface area (Å²) in [7, 11) is 0. The highest BCUT2D eigenvalue weighted by molar-refractivity contribution is 6.53. The van der Waals surface area contributed by atoms with Crippen LogP contribution >= 0.6 is 11.6 Å². The molecule has 3 nitrogen and oxygen atoms in total. The van der Waals surface area contributed by atoms with Crippen molar-refractivity contribution in [2.75, 3.05) is 0 Å². The Morgan fingerprint density at radius 2 is 2.05 bits per heavy atom. The molecule has 0 saturated carbocycles. The molecule has 0 bridgehead atoms. The predicted octanol–water partition coefficient (Wildman–Crippen LogP) is 4.23. The number of halogens is 1. The lowest BCUT2D eigenvalue weighted by Gasteiger charge is -2.04. The molecule has 4 heteroatoms. The first kappa shape index (κ1) is 13.4. The molecule has 0 radical (unpaired) electrons. The second-order valence-electron chi connectivity index (χ2n) is 4.26. The average molecular weight is 273 g/mol. The van der Waals surface area contributed by atoms with E-state index in [-0.39, 0.29) is 0 Å². The number of aromatic nitrogens is 1. The Hall–Kier alpha value is -2.05. The molecule has 0 amide bonds. The highest BCUT2D eigenvalue weighted by atomic mass is 35.5. The highest BCUT2D eigenvalue weighted by Gasteiger charge is 2.18.